The van der Waals surface area contributed by atoms with Gasteiger partial charge in [0.25, 0.3) is 0 Å². The van der Waals surface area contributed by atoms with Gasteiger partial charge in [-0.15, -0.1) is 11.3 Å². The quantitative estimate of drug-likeness (QED) is 0.853. The van der Waals surface area contributed by atoms with E-state index in [9.17, 15) is 9.59 Å². The highest BCUT2D eigenvalue weighted by molar-refractivity contribution is 7.12. The number of nitrogens with zero attached hydrogens (tertiary/aromatic N) is 2. The van der Waals surface area contributed by atoms with E-state index in [0.717, 1.165) is 0 Å². The van der Waals surface area contributed by atoms with Crippen LogP contribution in [0, 0.1) is 0 Å². The third-order valence-electron chi connectivity index (χ3n) is 2.35. The summed E-state index contributed by atoms with van der Waals surface area (Å²) in [6.07, 6.45) is 1.81. The van der Waals surface area contributed by atoms with Gasteiger partial charge in [-0.2, -0.15) is 0 Å². The molecule has 0 bridgehead atoms. The van der Waals surface area contributed by atoms with Crippen LogP contribution in [-0.4, -0.2) is 26.8 Å². The molecule has 0 fully saturated rings. The van der Waals surface area contributed by atoms with Gasteiger partial charge in [-0.25, -0.2) is 14.8 Å². The summed E-state index contributed by atoms with van der Waals surface area (Å²) in [4.78, 5) is 31.6. The van der Waals surface area contributed by atoms with E-state index in [2.05, 4.69) is 9.97 Å². The summed E-state index contributed by atoms with van der Waals surface area (Å²) >= 11 is 1.26. The molecule has 2 aromatic rings. The second kappa shape index (κ2) is 5.05. The van der Waals surface area contributed by atoms with E-state index in [4.69, 9.17) is 5.11 Å². The average Bonchev–Trinajstić information content (AvgIpc) is 2.91. The number of carboxylic acids is 1. The molecule has 2 rings (SSSR count). The van der Waals surface area contributed by atoms with Crippen molar-refractivity contribution >= 4 is 23.1 Å². The van der Waals surface area contributed by atoms with Gasteiger partial charge in [0.15, 0.2) is 5.69 Å². The molecule has 0 amide bonds. The smallest absolute Gasteiger partial charge is 0.355 e. The first kappa shape index (κ1) is 12.4. The molecule has 0 saturated carbocycles. The number of aryl methyl sites for hydroxylation is 1. The summed E-state index contributed by atoms with van der Waals surface area (Å²) in [5.74, 6) is -1.16. The van der Waals surface area contributed by atoms with Gasteiger partial charge in [0.05, 0.1) is 10.4 Å². The van der Waals surface area contributed by atoms with Crippen LogP contribution in [0.4, 0.5) is 0 Å². The Morgan fingerprint density at radius 1 is 1.44 bits per heavy atom. The number of carboxylic acid groups (broad SMARTS) is 1. The molecular formula is C12H10N2O3S. The highest BCUT2D eigenvalue weighted by atomic mass is 32.1. The number of hydrogen-bond donors (Lipinski definition) is 1. The molecule has 0 aromatic carbocycles. The molecule has 0 spiro atoms. The number of carbonyl (C=O) groups excluding carboxylic acids is 1. The van der Waals surface area contributed by atoms with Crippen LogP contribution in [0.5, 0.6) is 0 Å². The lowest BCUT2D eigenvalue weighted by atomic mass is 10.1. The van der Waals surface area contributed by atoms with Crippen LogP contribution in [0.1, 0.15) is 38.5 Å². The molecule has 5 nitrogen and oxygen atoms in total. The Hall–Kier alpha value is -2.08. The number of carbonyl (C=O) groups is 2. The molecule has 2 aromatic heterocycles. The summed E-state index contributed by atoms with van der Waals surface area (Å²) < 4.78 is 0. The van der Waals surface area contributed by atoms with Crippen LogP contribution in [0.3, 0.4) is 0 Å². The maximum absolute atomic E-state index is 12.1. The van der Waals surface area contributed by atoms with Gasteiger partial charge in [-0.1, -0.05) is 13.0 Å². The zero-order valence-electron chi connectivity index (χ0n) is 9.58. The molecule has 2 heterocycles. The molecule has 0 aliphatic carbocycles. The largest absolute Gasteiger partial charge is 0.476 e. The Balaban J connectivity index is 2.50. The van der Waals surface area contributed by atoms with E-state index in [-0.39, 0.29) is 17.0 Å². The Kier molecular flexibility index (Phi) is 3.47. The molecule has 0 radical (unpaired) electrons. The molecule has 6 heteroatoms. The van der Waals surface area contributed by atoms with E-state index >= 15 is 0 Å². The normalized spacial score (nSPS) is 10.3. The first-order valence-electron chi connectivity index (χ1n) is 5.31. The fourth-order valence-corrected chi connectivity index (χ4v) is 2.14. The predicted octanol–water partition coefficient (Wildman–Crippen LogP) is 2.03. The third kappa shape index (κ3) is 2.28. The maximum atomic E-state index is 12.1. The van der Waals surface area contributed by atoms with Gasteiger partial charge in [0, 0.05) is 12.6 Å². The lowest BCUT2D eigenvalue weighted by Gasteiger charge is -2.04. The SMILES string of the molecule is CCc1ncc(C(=O)c2cccs2)c(C(=O)O)n1. The van der Waals surface area contributed by atoms with E-state index in [1.807, 2.05) is 6.92 Å². The van der Waals surface area contributed by atoms with Crippen molar-refractivity contribution < 1.29 is 14.7 Å². The summed E-state index contributed by atoms with van der Waals surface area (Å²) in [7, 11) is 0. The molecule has 0 aliphatic rings. The van der Waals surface area contributed by atoms with Crippen LogP contribution >= 0.6 is 11.3 Å². The maximum Gasteiger partial charge on any atom is 0.355 e. The third-order valence-corrected chi connectivity index (χ3v) is 3.22. The number of aromatic nitrogens is 2. The van der Waals surface area contributed by atoms with Crippen molar-refractivity contribution in [2.45, 2.75) is 13.3 Å². The molecule has 0 saturated heterocycles. The minimum Gasteiger partial charge on any atom is -0.476 e. The van der Waals surface area contributed by atoms with Gasteiger partial charge in [0.2, 0.25) is 5.78 Å². The number of hydrogen-bond acceptors (Lipinski definition) is 5. The summed E-state index contributed by atoms with van der Waals surface area (Å²) in [6, 6.07) is 3.38. The number of ketones is 1. The van der Waals surface area contributed by atoms with Crippen LogP contribution in [-0.2, 0) is 6.42 Å². The zero-order valence-corrected chi connectivity index (χ0v) is 10.4. The molecule has 1 N–H and O–H groups in total. The summed E-state index contributed by atoms with van der Waals surface area (Å²) in [5, 5.41) is 10.9. The predicted molar refractivity (Wildman–Crippen MR) is 66.1 cm³/mol. The second-order valence-corrected chi connectivity index (χ2v) is 4.46. The number of thiophene rings is 1. The average molecular weight is 262 g/mol. The van der Waals surface area contributed by atoms with Crippen molar-refractivity contribution in [2.24, 2.45) is 0 Å². The zero-order chi connectivity index (χ0) is 13.1. The van der Waals surface area contributed by atoms with Crippen molar-refractivity contribution in [1.82, 2.24) is 9.97 Å². The van der Waals surface area contributed by atoms with Crippen molar-refractivity contribution in [1.29, 1.82) is 0 Å². The molecule has 0 aliphatic heterocycles. The first-order valence-corrected chi connectivity index (χ1v) is 6.19. The molecular weight excluding hydrogens is 252 g/mol. The van der Waals surface area contributed by atoms with Crippen LogP contribution in [0.25, 0.3) is 0 Å². The fourth-order valence-electron chi connectivity index (χ4n) is 1.46. The van der Waals surface area contributed by atoms with E-state index in [1.165, 1.54) is 17.5 Å². The van der Waals surface area contributed by atoms with Crippen LogP contribution in [0.15, 0.2) is 23.7 Å². The summed E-state index contributed by atoms with van der Waals surface area (Å²) in [5.41, 5.74) is -0.206. The first-order chi connectivity index (χ1) is 8.63. The standard InChI is InChI=1S/C12H10N2O3S/c1-2-9-13-6-7(10(14-9)12(16)17)11(15)8-4-3-5-18-8/h3-6H,2H2,1H3,(H,16,17). The van der Waals surface area contributed by atoms with Gasteiger partial charge in [-0.05, 0) is 11.4 Å². The number of rotatable bonds is 4. The molecule has 18 heavy (non-hydrogen) atoms. The Labute approximate surface area is 107 Å². The van der Waals surface area contributed by atoms with E-state index in [1.54, 1.807) is 17.5 Å². The van der Waals surface area contributed by atoms with Gasteiger partial charge in [-0.3, -0.25) is 4.79 Å². The Morgan fingerprint density at radius 2 is 2.22 bits per heavy atom. The Morgan fingerprint density at radius 3 is 2.78 bits per heavy atom. The fraction of sp³-hybridized carbons (Fsp3) is 0.167. The highest BCUT2D eigenvalue weighted by Crippen LogP contribution is 2.17. The van der Waals surface area contributed by atoms with Crippen molar-refractivity contribution in [2.75, 3.05) is 0 Å². The monoisotopic (exact) mass is 262 g/mol. The van der Waals surface area contributed by atoms with Crippen molar-refractivity contribution in [3.63, 3.8) is 0 Å². The van der Waals surface area contributed by atoms with E-state index < -0.39 is 5.97 Å². The topological polar surface area (TPSA) is 80.2 Å². The van der Waals surface area contributed by atoms with Crippen LogP contribution < -0.4 is 0 Å². The highest BCUT2D eigenvalue weighted by Gasteiger charge is 2.21. The second-order valence-electron chi connectivity index (χ2n) is 3.51. The van der Waals surface area contributed by atoms with E-state index in [0.29, 0.717) is 17.1 Å². The van der Waals surface area contributed by atoms with Gasteiger partial charge < -0.3 is 5.11 Å². The van der Waals surface area contributed by atoms with Crippen molar-refractivity contribution in [3.8, 4) is 0 Å². The van der Waals surface area contributed by atoms with Crippen LogP contribution in [0.2, 0.25) is 0 Å². The van der Waals surface area contributed by atoms with Crippen molar-refractivity contribution in [3.05, 3.63) is 45.7 Å². The Bertz CT molecular complexity index is 593. The lowest BCUT2D eigenvalue weighted by Crippen LogP contribution is -2.13. The lowest BCUT2D eigenvalue weighted by molar-refractivity contribution is 0.0685. The minimum absolute atomic E-state index is 0.0298. The van der Waals surface area contributed by atoms with Gasteiger partial charge >= 0.3 is 5.97 Å². The van der Waals surface area contributed by atoms with Gasteiger partial charge in [0.1, 0.15) is 5.82 Å². The summed E-state index contributed by atoms with van der Waals surface area (Å²) in [6.45, 7) is 1.82. The molecule has 0 unspecified atom stereocenters. The number of aromatic carboxylic acids is 1. The molecule has 92 valence electrons. The minimum atomic E-state index is -1.22. The molecule has 0 atom stereocenters.